The summed E-state index contributed by atoms with van der Waals surface area (Å²) in [6.07, 6.45) is 2.49. The SMILES string of the molecule is CCOC(=O)/C(=C/CCc1ccc2ccccc2c1)N(C)C(=O)OC(C)(C)C. The number of esters is 1. The Morgan fingerprint density at radius 2 is 1.75 bits per heavy atom. The molecule has 0 atom stereocenters. The maximum atomic E-state index is 12.3. The highest BCUT2D eigenvalue weighted by atomic mass is 16.6. The van der Waals surface area contributed by atoms with Crippen LogP contribution in [0.25, 0.3) is 10.8 Å². The number of allylic oxidation sites excluding steroid dienone is 1. The Kier molecular flexibility index (Phi) is 7.21. The molecule has 0 radical (unpaired) electrons. The number of hydrogen-bond donors (Lipinski definition) is 0. The normalized spacial score (nSPS) is 12.0. The van der Waals surface area contributed by atoms with Gasteiger partial charge in [-0.2, -0.15) is 0 Å². The van der Waals surface area contributed by atoms with Crippen LogP contribution in [0.1, 0.15) is 39.7 Å². The van der Waals surface area contributed by atoms with Gasteiger partial charge in [-0.1, -0.05) is 48.5 Å². The van der Waals surface area contributed by atoms with Crippen molar-refractivity contribution in [1.82, 2.24) is 4.90 Å². The number of hydrogen-bond acceptors (Lipinski definition) is 4. The van der Waals surface area contributed by atoms with Crippen LogP contribution in [-0.4, -0.2) is 36.2 Å². The van der Waals surface area contributed by atoms with Gasteiger partial charge < -0.3 is 9.47 Å². The molecule has 2 aromatic carbocycles. The lowest BCUT2D eigenvalue weighted by Crippen LogP contribution is -2.36. The number of amides is 1. The van der Waals surface area contributed by atoms with Crippen LogP contribution in [0.15, 0.2) is 54.2 Å². The van der Waals surface area contributed by atoms with E-state index in [2.05, 4.69) is 30.3 Å². The molecular formula is C23H29NO4. The van der Waals surface area contributed by atoms with E-state index in [1.54, 1.807) is 33.8 Å². The van der Waals surface area contributed by atoms with Crippen molar-refractivity contribution in [2.75, 3.05) is 13.7 Å². The van der Waals surface area contributed by atoms with Gasteiger partial charge >= 0.3 is 12.1 Å². The minimum Gasteiger partial charge on any atom is -0.461 e. The van der Waals surface area contributed by atoms with Gasteiger partial charge in [-0.05, 0) is 56.9 Å². The number of carbonyl (C=O) groups is 2. The third kappa shape index (κ3) is 6.12. The highest BCUT2D eigenvalue weighted by Crippen LogP contribution is 2.18. The lowest BCUT2D eigenvalue weighted by Gasteiger charge is -2.25. The Morgan fingerprint density at radius 3 is 2.39 bits per heavy atom. The van der Waals surface area contributed by atoms with Crippen LogP contribution in [-0.2, 0) is 20.7 Å². The molecule has 5 nitrogen and oxygen atoms in total. The molecule has 1 amide bonds. The minimum atomic E-state index is -0.643. The van der Waals surface area contributed by atoms with Gasteiger partial charge in [0.05, 0.1) is 6.61 Å². The van der Waals surface area contributed by atoms with Gasteiger partial charge in [0, 0.05) is 7.05 Å². The second kappa shape index (κ2) is 9.40. The lowest BCUT2D eigenvalue weighted by molar-refractivity contribution is -0.140. The summed E-state index contributed by atoms with van der Waals surface area (Å²) in [4.78, 5) is 25.9. The lowest BCUT2D eigenvalue weighted by atomic mass is 10.0. The minimum absolute atomic E-state index is 0.192. The number of rotatable bonds is 6. The molecule has 2 aromatic rings. The zero-order chi connectivity index (χ0) is 20.7. The first-order valence-electron chi connectivity index (χ1n) is 9.53. The largest absolute Gasteiger partial charge is 0.461 e. The van der Waals surface area contributed by atoms with Crippen LogP contribution in [0.4, 0.5) is 4.79 Å². The van der Waals surface area contributed by atoms with E-state index >= 15 is 0 Å². The van der Waals surface area contributed by atoms with Crippen molar-refractivity contribution in [2.45, 2.75) is 46.1 Å². The highest BCUT2D eigenvalue weighted by molar-refractivity contribution is 5.92. The fraction of sp³-hybridized carbons (Fsp3) is 0.391. The first-order valence-corrected chi connectivity index (χ1v) is 9.53. The molecular weight excluding hydrogens is 354 g/mol. The van der Waals surface area contributed by atoms with E-state index in [0.29, 0.717) is 6.42 Å². The number of likely N-dealkylation sites (N-methyl/N-ethyl adjacent to an activating group) is 1. The molecule has 0 saturated heterocycles. The molecule has 0 unspecified atom stereocenters. The van der Waals surface area contributed by atoms with Crippen molar-refractivity contribution in [1.29, 1.82) is 0 Å². The Balaban J connectivity index is 2.14. The number of benzene rings is 2. The molecule has 2 rings (SSSR count). The first kappa shape index (κ1) is 21.5. The van der Waals surface area contributed by atoms with Crippen molar-refractivity contribution < 1.29 is 19.1 Å². The van der Waals surface area contributed by atoms with E-state index < -0.39 is 17.7 Å². The third-order valence-corrected chi connectivity index (χ3v) is 4.10. The quantitative estimate of drug-likeness (QED) is 0.515. The van der Waals surface area contributed by atoms with Crippen LogP contribution in [0.5, 0.6) is 0 Å². The summed E-state index contributed by atoms with van der Waals surface area (Å²) in [7, 11) is 1.52. The van der Waals surface area contributed by atoms with Gasteiger partial charge in [-0.3, -0.25) is 4.90 Å². The number of aryl methyl sites for hydroxylation is 1. The molecule has 150 valence electrons. The van der Waals surface area contributed by atoms with Crippen LogP contribution in [0.3, 0.4) is 0 Å². The Morgan fingerprint density at radius 1 is 1.07 bits per heavy atom. The van der Waals surface area contributed by atoms with Gasteiger partial charge in [-0.15, -0.1) is 0 Å². The summed E-state index contributed by atoms with van der Waals surface area (Å²) in [6.45, 7) is 7.33. The van der Waals surface area contributed by atoms with E-state index in [9.17, 15) is 9.59 Å². The summed E-state index contributed by atoms with van der Waals surface area (Å²) < 4.78 is 10.5. The zero-order valence-corrected chi connectivity index (χ0v) is 17.3. The van der Waals surface area contributed by atoms with Crippen molar-refractivity contribution in [3.63, 3.8) is 0 Å². The van der Waals surface area contributed by atoms with E-state index in [1.165, 1.54) is 22.7 Å². The molecule has 28 heavy (non-hydrogen) atoms. The van der Waals surface area contributed by atoms with Gasteiger partial charge in [-0.25, -0.2) is 9.59 Å². The maximum absolute atomic E-state index is 12.3. The molecule has 0 aliphatic heterocycles. The average molecular weight is 383 g/mol. The predicted octanol–water partition coefficient (Wildman–Crippen LogP) is 5.09. The predicted molar refractivity (Wildman–Crippen MR) is 111 cm³/mol. The van der Waals surface area contributed by atoms with E-state index in [0.717, 1.165) is 12.0 Å². The summed E-state index contributed by atoms with van der Waals surface area (Å²) in [5, 5.41) is 2.37. The van der Waals surface area contributed by atoms with Gasteiger partial charge in [0.2, 0.25) is 0 Å². The molecule has 0 heterocycles. The number of carbonyl (C=O) groups excluding carboxylic acids is 2. The second-order valence-electron chi connectivity index (χ2n) is 7.57. The van der Waals surface area contributed by atoms with E-state index in [1.807, 2.05) is 12.1 Å². The second-order valence-corrected chi connectivity index (χ2v) is 7.57. The van der Waals surface area contributed by atoms with Crippen molar-refractivity contribution in [2.24, 2.45) is 0 Å². The average Bonchev–Trinajstić information content (AvgIpc) is 2.63. The molecule has 0 aromatic heterocycles. The van der Waals surface area contributed by atoms with Crippen LogP contribution in [0, 0.1) is 0 Å². The van der Waals surface area contributed by atoms with Gasteiger partial charge in [0.25, 0.3) is 0 Å². The van der Waals surface area contributed by atoms with E-state index in [-0.39, 0.29) is 12.3 Å². The number of ether oxygens (including phenoxy) is 2. The molecule has 0 bridgehead atoms. The summed E-state index contributed by atoms with van der Waals surface area (Å²) in [5.41, 5.74) is 0.714. The maximum Gasteiger partial charge on any atom is 0.414 e. The zero-order valence-electron chi connectivity index (χ0n) is 17.3. The van der Waals surface area contributed by atoms with Crippen LogP contribution >= 0.6 is 0 Å². The Hall–Kier alpha value is -2.82. The van der Waals surface area contributed by atoms with Crippen LogP contribution in [0.2, 0.25) is 0 Å². The summed E-state index contributed by atoms with van der Waals surface area (Å²) >= 11 is 0. The standard InChI is InChI=1S/C23H29NO4/c1-6-27-21(25)20(24(5)22(26)28-23(2,3)4)13-9-10-17-14-15-18-11-7-8-12-19(18)16-17/h7-8,11-16H,6,9-10H2,1-5H3/b20-13-. The van der Waals surface area contributed by atoms with Gasteiger partial charge in [0.15, 0.2) is 0 Å². The molecule has 0 aliphatic carbocycles. The Bertz CT molecular complexity index is 864. The Labute approximate surface area is 166 Å². The fourth-order valence-corrected chi connectivity index (χ4v) is 2.76. The van der Waals surface area contributed by atoms with Crippen molar-refractivity contribution in [3.05, 3.63) is 59.8 Å². The smallest absolute Gasteiger partial charge is 0.414 e. The number of nitrogens with zero attached hydrogens (tertiary/aromatic N) is 1. The van der Waals surface area contributed by atoms with E-state index in [4.69, 9.17) is 9.47 Å². The molecule has 0 spiro atoms. The van der Waals surface area contributed by atoms with Crippen molar-refractivity contribution >= 4 is 22.8 Å². The summed E-state index contributed by atoms with van der Waals surface area (Å²) in [5.74, 6) is -0.533. The molecule has 0 N–H and O–H groups in total. The monoisotopic (exact) mass is 383 g/mol. The molecule has 0 fully saturated rings. The third-order valence-electron chi connectivity index (χ3n) is 4.10. The van der Waals surface area contributed by atoms with Gasteiger partial charge in [0.1, 0.15) is 11.3 Å². The van der Waals surface area contributed by atoms with Crippen molar-refractivity contribution in [3.8, 4) is 0 Å². The molecule has 0 aliphatic rings. The topological polar surface area (TPSA) is 55.8 Å². The fourth-order valence-electron chi connectivity index (χ4n) is 2.76. The highest BCUT2D eigenvalue weighted by Gasteiger charge is 2.25. The first-order chi connectivity index (χ1) is 13.2. The summed E-state index contributed by atoms with van der Waals surface area (Å²) in [6, 6.07) is 14.5. The number of fused-ring (bicyclic) bond motifs is 1. The molecule has 5 heteroatoms. The molecule has 0 saturated carbocycles. The van der Waals surface area contributed by atoms with Crippen LogP contribution < -0.4 is 0 Å².